The summed E-state index contributed by atoms with van der Waals surface area (Å²) in [6, 6.07) is 11.8. The molecule has 0 aliphatic heterocycles. The van der Waals surface area contributed by atoms with Gasteiger partial charge < -0.3 is 19.1 Å². The van der Waals surface area contributed by atoms with Crippen LogP contribution < -0.4 is 9.47 Å². The zero-order valence-electron chi connectivity index (χ0n) is 20.9. The van der Waals surface area contributed by atoms with Gasteiger partial charge in [-0.1, -0.05) is 0 Å². The van der Waals surface area contributed by atoms with Gasteiger partial charge in [0.1, 0.15) is 17.1 Å². The summed E-state index contributed by atoms with van der Waals surface area (Å²) in [7, 11) is 0. The number of non-ortho nitro benzene ring substituents is 2. The van der Waals surface area contributed by atoms with Crippen LogP contribution in [0, 0.1) is 20.2 Å². The topological polar surface area (TPSA) is 134 Å². The highest BCUT2D eigenvalue weighted by atomic mass is 16.6. The summed E-state index contributed by atoms with van der Waals surface area (Å²) in [6.07, 6.45) is 2.41. The van der Waals surface area contributed by atoms with Gasteiger partial charge in [0.05, 0.1) is 23.1 Å². The summed E-state index contributed by atoms with van der Waals surface area (Å²) in [6.45, 7) is 7.30. The molecule has 11 nitrogen and oxygen atoms in total. The van der Waals surface area contributed by atoms with Crippen LogP contribution >= 0.6 is 0 Å². The van der Waals surface area contributed by atoms with Crippen LogP contribution in [-0.2, 0) is 4.74 Å². The van der Waals surface area contributed by atoms with Gasteiger partial charge in [0, 0.05) is 37.4 Å². The van der Waals surface area contributed by atoms with Crippen molar-refractivity contribution in [3.05, 3.63) is 68.8 Å². The average Bonchev–Trinajstić information content (AvgIpc) is 2.81. The van der Waals surface area contributed by atoms with Crippen LogP contribution in [0.25, 0.3) is 0 Å². The minimum absolute atomic E-state index is 0.00787. The molecule has 0 aliphatic rings. The third kappa shape index (κ3) is 10.6. The van der Waals surface area contributed by atoms with Crippen molar-refractivity contribution in [2.24, 2.45) is 0 Å². The first-order chi connectivity index (χ1) is 17.0. The highest BCUT2D eigenvalue weighted by molar-refractivity contribution is 5.68. The Morgan fingerprint density at radius 2 is 1.14 bits per heavy atom. The maximum atomic E-state index is 12.6. The Balaban J connectivity index is 1.74. The number of hydrogen-bond acceptors (Lipinski definition) is 8. The van der Waals surface area contributed by atoms with Crippen molar-refractivity contribution in [3.8, 4) is 11.5 Å². The quantitative estimate of drug-likeness (QED) is 0.180. The summed E-state index contributed by atoms with van der Waals surface area (Å²) >= 11 is 0. The molecule has 0 saturated carbocycles. The molecule has 0 radical (unpaired) electrons. The highest BCUT2D eigenvalue weighted by Gasteiger charge is 2.21. The molecule has 0 atom stereocenters. The second kappa shape index (κ2) is 13.9. The lowest BCUT2D eigenvalue weighted by Crippen LogP contribution is -2.38. The van der Waals surface area contributed by atoms with Crippen LogP contribution in [-0.4, -0.2) is 52.7 Å². The number of unbranched alkanes of at least 4 members (excludes halogenated alkanes) is 2. The maximum absolute atomic E-state index is 12.6. The number of hydrogen-bond donors (Lipinski definition) is 0. The summed E-state index contributed by atoms with van der Waals surface area (Å²) < 4.78 is 16.8. The highest BCUT2D eigenvalue weighted by Crippen LogP contribution is 2.19. The van der Waals surface area contributed by atoms with Gasteiger partial charge >= 0.3 is 6.09 Å². The molecule has 0 unspecified atom stereocenters. The molecule has 0 bridgehead atoms. The van der Waals surface area contributed by atoms with Crippen molar-refractivity contribution >= 4 is 17.5 Å². The summed E-state index contributed by atoms with van der Waals surface area (Å²) in [4.78, 5) is 34.8. The smallest absolute Gasteiger partial charge is 0.410 e. The zero-order valence-corrected chi connectivity index (χ0v) is 20.9. The Labute approximate surface area is 210 Å². The van der Waals surface area contributed by atoms with E-state index in [0.29, 0.717) is 63.5 Å². The molecule has 0 saturated heterocycles. The Kier molecular flexibility index (Phi) is 10.9. The van der Waals surface area contributed by atoms with Crippen molar-refractivity contribution < 1.29 is 28.9 Å². The van der Waals surface area contributed by atoms with Crippen LogP contribution in [0.5, 0.6) is 11.5 Å². The minimum atomic E-state index is -0.604. The van der Waals surface area contributed by atoms with Crippen LogP contribution in [0.3, 0.4) is 0 Å². The van der Waals surface area contributed by atoms with E-state index in [1.165, 1.54) is 24.3 Å². The SMILES string of the molecule is CC(C)(C)OC(=O)N(CCCCOc1ccc([N+](=O)[O-])cc1)CCCCOc1ccc([N+](=O)[O-])cc1. The monoisotopic (exact) mass is 503 g/mol. The van der Waals surface area contributed by atoms with Gasteiger partial charge in [-0.15, -0.1) is 0 Å². The molecule has 36 heavy (non-hydrogen) atoms. The standard InChI is InChI=1S/C25H33N3O8/c1-25(2,3)36-24(29)26(16-4-6-18-34-22-12-8-20(9-13-22)27(30)31)17-5-7-19-35-23-14-10-21(11-15-23)28(32)33/h8-15H,4-7,16-19H2,1-3H3. The third-order valence-electron chi connectivity index (χ3n) is 4.93. The lowest BCUT2D eigenvalue weighted by Gasteiger charge is -2.27. The van der Waals surface area contributed by atoms with Crippen molar-refractivity contribution in [1.82, 2.24) is 4.90 Å². The normalized spacial score (nSPS) is 11.0. The molecule has 1 amide bonds. The van der Waals surface area contributed by atoms with Gasteiger partial charge in [-0.25, -0.2) is 4.79 Å². The first kappa shape index (κ1) is 28.3. The molecule has 0 aliphatic carbocycles. The zero-order chi connectivity index (χ0) is 26.6. The number of nitro groups is 2. The molecular formula is C25H33N3O8. The van der Waals surface area contributed by atoms with Crippen LogP contribution in [0.15, 0.2) is 48.5 Å². The average molecular weight is 504 g/mol. The molecule has 0 fully saturated rings. The molecule has 0 heterocycles. The summed E-state index contributed by atoms with van der Waals surface area (Å²) in [5, 5.41) is 21.4. The van der Waals surface area contributed by atoms with E-state index in [9.17, 15) is 25.0 Å². The Hall–Kier alpha value is -3.89. The van der Waals surface area contributed by atoms with Crippen LogP contribution in [0.4, 0.5) is 16.2 Å². The van der Waals surface area contributed by atoms with E-state index in [2.05, 4.69) is 0 Å². The number of amides is 1. The lowest BCUT2D eigenvalue weighted by atomic mass is 10.2. The Morgan fingerprint density at radius 1 is 0.750 bits per heavy atom. The second-order valence-electron chi connectivity index (χ2n) is 9.08. The molecule has 2 aromatic carbocycles. The number of benzene rings is 2. The van der Waals surface area contributed by atoms with Crippen molar-refractivity contribution in [2.45, 2.75) is 52.1 Å². The van der Waals surface area contributed by atoms with E-state index in [1.54, 1.807) is 29.2 Å². The minimum Gasteiger partial charge on any atom is -0.494 e. The van der Waals surface area contributed by atoms with Gasteiger partial charge in [0.2, 0.25) is 0 Å². The van der Waals surface area contributed by atoms with E-state index in [4.69, 9.17) is 14.2 Å². The van der Waals surface area contributed by atoms with Crippen LogP contribution in [0.1, 0.15) is 46.5 Å². The second-order valence-corrected chi connectivity index (χ2v) is 9.08. The number of carbonyl (C=O) groups is 1. The summed E-state index contributed by atoms with van der Waals surface area (Å²) in [5.41, 5.74) is -0.588. The molecule has 2 aromatic rings. The van der Waals surface area contributed by atoms with E-state index >= 15 is 0 Å². The van der Waals surface area contributed by atoms with E-state index < -0.39 is 15.4 Å². The van der Waals surface area contributed by atoms with Gasteiger partial charge in [-0.05, 0) is 70.7 Å². The first-order valence-corrected chi connectivity index (χ1v) is 11.8. The molecule has 0 N–H and O–H groups in total. The van der Waals surface area contributed by atoms with E-state index in [0.717, 1.165) is 0 Å². The molecule has 196 valence electrons. The van der Waals surface area contributed by atoms with Gasteiger partial charge in [-0.2, -0.15) is 0 Å². The molecule has 0 spiro atoms. The van der Waals surface area contributed by atoms with Crippen molar-refractivity contribution in [1.29, 1.82) is 0 Å². The predicted octanol–water partition coefficient (Wildman–Crippen LogP) is 5.76. The fourth-order valence-electron chi connectivity index (χ4n) is 3.14. The van der Waals surface area contributed by atoms with Crippen molar-refractivity contribution in [3.63, 3.8) is 0 Å². The lowest BCUT2D eigenvalue weighted by molar-refractivity contribution is -0.385. The third-order valence-corrected chi connectivity index (χ3v) is 4.93. The fourth-order valence-corrected chi connectivity index (χ4v) is 3.14. The number of carbonyl (C=O) groups excluding carboxylic acids is 1. The largest absolute Gasteiger partial charge is 0.494 e. The number of rotatable bonds is 14. The Morgan fingerprint density at radius 3 is 1.47 bits per heavy atom. The molecule has 2 rings (SSSR count). The van der Waals surface area contributed by atoms with Crippen molar-refractivity contribution in [2.75, 3.05) is 26.3 Å². The number of ether oxygens (including phenoxy) is 3. The van der Waals surface area contributed by atoms with Gasteiger partial charge in [0.25, 0.3) is 11.4 Å². The Bertz CT molecular complexity index is 920. The maximum Gasteiger partial charge on any atom is 0.410 e. The molecular weight excluding hydrogens is 470 g/mol. The molecule has 11 heteroatoms. The van der Waals surface area contributed by atoms with E-state index in [1.807, 2.05) is 20.8 Å². The first-order valence-electron chi connectivity index (χ1n) is 11.8. The van der Waals surface area contributed by atoms with E-state index in [-0.39, 0.29) is 17.5 Å². The number of nitrogens with zero attached hydrogens (tertiary/aromatic N) is 3. The van der Waals surface area contributed by atoms with Gasteiger partial charge in [-0.3, -0.25) is 20.2 Å². The summed E-state index contributed by atoms with van der Waals surface area (Å²) in [5.74, 6) is 1.11. The predicted molar refractivity (Wildman–Crippen MR) is 133 cm³/mol. The van der Waals surface area contributed by atoms with Gasteiger partial charge in [0.15, 0.2) is 0 Å². The molecule has 0 aromatic heterocycles. The fraction of sp³-hybridized carbons (Fsp3) is 0.480. The van der Waals surface area contributed by atoms with Crippen LogP contribution in [0.2, 0.25) is 0 Å². The number of nitro benzene ring substituents is 2.